The van der Waals surface area contributed by atoms with E-state index < -0.39 is 9.84 Å². The number of sulfone groups is 1. The maximum atomic E-state index is 11.9. The third kappa shape index (κ3) is 5.74. The van der Waals surface area contributed by atoms with Crippen molar-refractivity contribution in [2.45, 2.75) is 37.2 Å². The molecule has 1 unspecified atom stereocenters. The molecule has 0 heterocycles. The Morgan fingerprint density at radius 3 is 2.29 bits per heavy atom. The van der Waals surface area contributed by atoms with Crippen LogP contribution < -0.4 is 5.32 Å². The van der Waals surface area contributed by atoms with E-state index in [0.717, 1.165) is 18.4 Å². The number of aliphatic hydroxyl groups is 1. The molecule has 0 radical (unpaired) electrons. The normalized spacial score (nSPS) is 12.9. The number of hydrogen-bond donors (Lipinski definition) is 2. The van der Waals surface area contributed by atoms with Crippen molar-refractivity contribution in [2.75, 3.05) is 12.4 Å². The summed E-state index contributed by atoms with van der Waals surface area (Å²) in [5.41, 5.74) is 2.38. The van der Waals surface area contributed by atoms with Gasteiger partial charge in [0.25, 0.3) is 0 Å². The Hall–Kier alpha value is -1.69. The topological polar surface area (TPSA) is 66.4 Å². The second kappa shape index (κ2) is 8.97. The average molecular weight is 347 g/mol. The highest BCUT2D eigenvalue weighted by molar-refractivity contribution is 7.91. The molecule has 1 atom stereocenters. The molecule has 2 N–H and O–H groups in total. The summed E-state index contributed by atoms with van der Waals surface area (Å²) in [6.07, 6.45) is 2.08. The van der Waals surface area contributed by atoms with Gasteiger partial charge in [0.05, 0.1) is 17.3 Å². The lowest BCUT2D eigenvalue weighted by Crippen LogP contribution is -2.26. The summed E-state index contributed by atoms with van der Waals surface area (Å²) in [5.74, 6) is -0.235. The molecule has 0 aliphatic rings. The third-order valence-electron chi connectivity index (χ3n) is 4.01. The van der Waals surface area contributed by atoms with Crippen LogP contribution in [0.1, 0.15) is 24.5 Å². The maximum absolute atomic E-state index is 11.9. The molecule has 0 aromatic heterocycles. The Balaban J connectivity index is 1.81. The molecule has 0 saturated heterocycles. The fraction of sp³-hybridized carbons (Fsp3) is 0.368. The van der Waals surface area contributed by atoms with Gasteiger partial charge in [0.15, 0.2) is 9.84 Å². The molecule has 0 fully saturated rings. The van der Waals surface area contributed by atoms with E-state index in [9.17, 15) is 8.42 Å². The van der Waals surface area contributed by atoms with E-state index in [4.69, 9.17) is 5.11 Å². The van der Waals surface area contributed by atoms with Gasteiger partial charge in [0.1, 0.15) is 0 Å². The molecule has 0 aliphatic heterocycles. The number of hydrogen-bond acceptors (Lipinski definition) is 4. The van der Waals surface area contributed by atoms with E-state index in [1.807, 2.05) is 18.2 Å². The zero-order chi connectivity index (χ0) is 17.4. The first-order valence-electron chi connectivity index (χ1n) is 8.21. The Bertz CT molecular complexity index is 712. The molecular formula is C19H25NO3S. The van der Waals surface area contributed by atoms with Crippen molar-refractivity contribution in [2.24, 2.45) is 0 Å². The molecule has 130 valence electrons. The fourth-order valence-electron chi connectivity index (χ4n) is 2.47. The molecule has 0 spiro atoms. The van der Waals surface area contributed by atoms with E-state index in [1.165, 1.54) is 5.56 Å². The summed E-state index contributed by atoms with van der Waals surface area (Å²) in [6.45, 7) is 2.50. The highest BCUT2D eigenvalue weighted by Gasteiger charge is 2.13. The van der Waals surface area contributed by atoms with Gasteiger partial charge in [0, 0.05) is 12.6 Å². The Labute approximate surface area is 144 Å². The van der Waals surface area contributed by atoms with Crippen molar-refractivity contribution >= 4 is 9.84 Å². The molecule has 0 bridgehead atoms. The van der Waals surface area contributed by atoms with Crippen molar-refractivity contribution in [3.05, 3.63) is 65.7 Å². The summed E-state index contributed by atoms with van der Waals surface area (Å²) < 4.78 is 23.7. The van der Waals surface area contributed by atoms with Crippen molar-refractivity contribution in [1.29, 1.82) is 0 Å². The largest absolute Gasteiger partial charge is 0.395 e. The number of aliphatic hydroxyl groups excluding tert-OH is 1. The first-order chi connectivity index (χ1) is 11.5. The molecule has 24 heavy (non-hydrogen) atoms. The van der Waals surface area contributed by atoms with Crippen molar-refractivity contribution in [3.8, 4) is 0 Å². The Morgan fingerprint density at radius 2 is 1.67 bits per heavy atom. The lowest BCUT2D eigenvalue weighted by Gasteiger charge is -2.14. The van der Waals surface area contributed by atoms with Crippen molar-refractivity contribution in [1.82, 2.24) is 5.32 Å². The molecule has 5 heteroatoms. The highest BCUT2D eigenvalue weighted by atomic mass is 32.2. The first kappa shape index (κ1) is 18.6. The van der Waals surface area contributed by atoms with Crippen LogP contribution in [0.25, 0.3) is 0 Å². The van der Waals surface area contributed by atoms with Crippen LogP contribution in [0.5, 0.6) is 0 Å². The molecule has 4 nitrogen and oxygen atoms in total. The van der Waals surface area contributed by atoms with Gasteiger partial charge >= 0.3 is 0 Å². The van der Waals surface area contributed by atoms with E-state index in [0.29, 0.717) is 12.6 Å². The average Bonchev–Trinajstić information content (AvgIpc) is 2.59. The SMILES string of the molecule is CC(CCc1ccccc1)NCc1ccc(S(=O)(=O)CCO)cc1. The number of nitrogens with one attached hydrogen (secondary N) is 1. The Kier molecular flexibility index (Phi) is 6.97. The quantitative estimate of drug-likeness (QED) is 0.732. The zero-order valence-corrected chi connectivity index (χ0v) is 14.8. The summed E-state index contributed by atoms with van der Waals surface area (Å²) in [6, 6.07) is 17.6. The van der Waals surface area contributed by atoms with Crippen LogP contribution in [0.4, 0.5) is 0 Å². The minimum absolute atomic E-state index is 0.235. The monoisotopic (exact) mass is 347 g/mol. The fourth-order valence-corrected chi connectivity index (χ4v) is 3.50. The summed E-state index contributed by atoms with van der Waals surface area (Å²) in [5, 5.41) is 12.3. The number of rotatable bonds is 9. The van der Waals surface area contributed by atoms with Crippen LogP contribution in [0.15, 0.2) is 59.5 Å². The third-order valence-corrected chi connectivity index (χ3v) is 5.72. The zero-order valence-electron chi connectivity index (χ0n) is 14.0. The second-order valence-electron chi connectivity index (χ2n) is 5.99. The van der Waals surface area contributed by atoms with Crippen LogP contribution in [-0.4, -0.2) is 31.9 Å². The predicted octanol–water partition coefficient (Wildman–Crippen LogP) is 2.56. The van der Waals surface area contributed by atoms with Gasteiger partial charge in [-0.1, -0.05) is 42.5 Å². The predicted molar refractivity (Wildman–Crippen MR) is 96.6 cm³/mol. The lowest BCUT2D eigenvalue weighted by atomic mass is 10.1. The van der Waals surface area contributed by atoms with E-state index in [-0.39, 0.29) is 17.3 Å². The van der Waals surface area contributed by atoms with Crippen LogP contribution in [0, 0.1) is 0 Å². The van der Waals surface area contributed by atoms with E-state index in [1.54, 1.807) is 12.1 Å². The smallest absolute Gasteiger partial charge is 0.180 e. The van der Waals surface area contributed by atoms with Gasteiger partial charge in [-0.05, 0) is 43.0 Å². The van der Waals surface area contributed by atoms with Crippen molar-refractivity contribution in [3.63, 3.8) is 0 Å². The standard InChI is InChI=1S/C19H25NO3S/c1-16(7-8-17-5-3-2-4-6-17)20-15-18-9-11-19(12-10-18)24(22,23)14-13-21/h2-6,9-12,16,20-21H,7-8,13-15H2,1H3. The lowest BCUT2D eigenvalue weighted by molar-refractivity contribution is 0.319. The molecule has 0 aliphatic carbocycles. The van der Waals surface area contributed by atoms with Crippen LogP contribution in [0.2, 0.25) is 0 Å². The summed E-state index contributed by atoms with van der Waals surface area (Å²) >= 11 is 0. The van der Waals surface area contributed by atoms with Crippen LogP contribution >= 0.6 is 0 Å². The van der Waals surface area contributed by atoms with Crippen LogP contribution in [0.3, 0.4) is 0 Å². The van der Waals surface area contributed by atoms with Gasteiger partial charge in [-0.25, -0.2) is 8.42 Å². The molecule has 0 amide bonds. The van der Waals surface area contributed by atoms with Gasteiger partial charge in [-0.3, -0.25) is 0 Å². The highest BCUT2D eigenvalue weighted by Crippen LogP contribution is 2.13. The van der Waals surface area contributed by atoms with E-state index in [2.05, 4.69) is 36.5 Å². The van der Waals surface area contributed by atoms with Gasteiger partial charge in [-0.15, -0.1) is 0 Å². The molecule has 2 aromatic rings. The minimum atomic E-state index is -3.37. The molecule has 2 aromatic carbocycles. The van der Waals surface area contributed by atoms with Gasteiger partial charge in [0.2, 0.25) is 0 Å². The first-order valence-corrected chi connectivity index (χ1v) is 9.86. The van der Waals surface area contributed by atoms with E-state index >= 15 is 0 Å². The maximum Gasteiger partial charge on any atom is 0.180 e. The molecule has 2 rings (SSSR count). The molecular weight excluding hydrogens is 322 g/mol. The minimum Gasteiger partial charge on any atom is -0.395 e. The second-order valence-corrected chi connectivity index (χ2v) is 8.10. The number of benzene rings is 2. The summed E-state index contributed by atoms with van der Waals surface area (Å²) in [7, 11) is -3.37. The van der Waals surface area contributed by atoms with Gasteiger partial charge in [-0.2, -0.15) is 0 Å². The Morgan fingerprint density at radius 1 is 1.00 bits per heavy atom. The molecule has 0 saturated carbocycles. The summed E-state index contributed by atoms with van der Waals surface area (Å²) in [4.78, 5) is 0.262. The number of aryl methyl sites for hydroxylation is 1. The van der Waals surface area contributed by atoms with Crippen molar-refractivity contribution < 1.29 is 13.5 Å². The van der Waals surface area contributed by atoms with Crippen LogP contribution in [-0.2, 0) is 22.8 Å². The van der Waals surface area contributed by atoms with Gasteiger partial charge < -0.3 is 10.4 Å².